The van der Waals surface area contributed by atoms with E-state index in [1.807, 2.05) is 51.8 Å². The number of hydrogen-bond donors (Lipinski definition) is 1. The first kappa shape index (κ1) is 17.7. The van der Waals surface area contributed by atoms with Gasteiger partial charge in [0.05, 0.1) is 12.6 Å². The van der Waals surface area contributed by atoms with E-state index in [0.717, 1.165) is 29.8 Å². The molecule has 1 N–H and O–H groups in total. The van der Waals surface area contributed by atoms with Crippen molar-refractivity contribution in [1.29, 1.82) is 0 Å². The van der Waals surface area contributed by atoms with Gasteiger partial charge in [-0.05, 0) is 40.3 Å². The fraction of sp³-hybridized carbons (Fsp3) is 0.588. The molecule has 0 aliphatic heterocycles. The van der Waals surface area contributed by atoms with Crippen LogP contribution in [0.5, 0.6) is 0 Å². The van der Waals surface area contributed by atoms with E-state index < -0.39 is 6.10 Å². The molecule has 0 saturated heterocycles. The largest absolute Gasteiger partial charge is 0.387 e. The third kappa shape index (κ3) is 5.48. The van der Waals surface area contributed by atoms with E-state index in [0.29, 0.717) is 13.1 Å². The zero-order valence-electron chi connectivity index (χ0n) is 13.9. The number of aliphatic hydroxyl groups excluding tert-OH is 1. The zero-order valence-corrected chi connectivity index (χ0v) is 13.9. The van der Waals surface area contributed by atoms with Crippen LogP contribution in [-0.2, 0) is 4.79 Å². The number of benzene rings is 1. The van der Waals surface area contributed by atoms with Gasteiger partial charge >= 0.3 is 0 Å². The summed E-state index contributed by atoms with van der Waals surface area (Å²) in [5, 5.41) is 10.3. The quantitative estimate of drug-likeness (QED) is 0.837. The average molecular weight is 292 g/mol. The van der Waals surface area contributed by atoms with Gasteiger partial charge < -0.3 is 10.0 Å². The number of amides is 1. The normalized spacial score (nSPS) is 12.5. The van der Waals surface area contributed by atoms with Crippen molar-refractivity contribution in [3.63, 3.8) is 0 Å². The van der Waals surface area contributed by atoms with Crippen LogP contribution < -0.4 is 0 Å². The second-order valence-corrected chi connectivity index (χ2v) is 5.70. The molecule has 0 spiro atoms. The molecule has 1 rings (SSSR count). The molecule has 4 heteroatoms. The Morgan fingerprint density at radius 1 is 1.14 bits per heavy atom. The van der Waals surface area contributed by atoms with Crippen LogP contribution in [0.4, 0.5) is 0 Å². The predicted octanol–water partition coefficient (Wildman–Crippen LogP) is 2.14. The van der Waals surface area contributed by atoms with Crippen LogP contribution in [0.1, 0.15) is 36.6 Å². The second kappa shape index (κ2) is 8.15. The van der Waals surface area contributed by atoms with Gasteiger partial charge in [0.25, 0.3) is 0 Å². The molecule has 0 radical (unpaired) electrons. The summed E-state index contributed by atoms with van der Waals surface area (Å²) in [7, 11) is 1.87. The zero-order chi connectivity index (χ0) is 16.0. The van der Waals surface area contributed by atoms with Gasteiger partial charge in [-0.25, -0.2) is 0 Å². The molecule has 0 saturated carbocycles. The predicted molar refractivity (Wildman–Crippen MR) is 86.3 cm³/mol. The van der Waals surface area contributed by atoms with Gasteiger partial charge in [0.15, 0.2) is 0 Å². The van der Waals surface area contributed by atoms with E-state index in [1.54, 1.807) is 4.90 Å². The van der Waals surface area contributed by atoms with Crippen molar-refractivity contribution in [1.82, 2.24) is 9.80 Å². The van der Waals surface area contributed by atoms with Crippen molar-refractivity contribution >= 4 is 5.91 Å². The van der Waals surface area contributed by atoms with Crippen LogP contribution in [-0.4, -0.2) is 54.0 Å². The minimum absolute atomic E-state index is 0.107. The minimum Gasteiger partial charge on any atom is -0.387 e. The minimum atomic E-state index is -0.571. The van der Waals surface area contributed by atoms with Crippen LogP contribution in [0.25, 0.3) is 0 Å². The molecular weight excluding hydrogens is 264 g/mol. The maximum atomic E-state index is 12.0. The third-order valence-corrected chi connectivity index (χ3v) is 3.63. The molecular formula is C17H28N2O2. The molecule has 1 amide bonds. The Morgan fingerprint density at radius 3 is 2.14 bits per heavy atom. The Labute approximate surface area is 128 Å². The lowest BCUT2D eigenvalue weighted by Crippen LogP contribution is -2.40. The number of carbonyl (C=O) groups is 1. The maximum Gasteiger partial charge on any atom is 0.236 e. The first-order valence-corrected chi connectivity index (χ1v) is 7.59. The molecule has 0 aromatic heterocycles. The monoisotopic (exact) mass is 292 g/mol. The maximum absolute atomic E-state index is 12.0. The second-order valence-electron chi connectivity index (χ2n) is 5.70. The smallest absolute Gasteiger partial charge is 0.236 e. The molecule has 1 aromatic rings. The Hall–Kier alpha value is -1.39. The number of aliphatic hydroxyl groups is 1. The van der Waals surface area contributed by atoms with Gasteiger partial charge in [-0.3, -0.25) is 9.69 Å². The molecule has 1 atom stereocenters. The number of hydrogen-bond acceptors (Lipinski definition) is 3. The van der Waals surface area contributed by atoms with E-state index in [2.05, 4.69) is 6.07 Å². The van der Waals surface area contributed by atoms with Gasteiger partial charge in [-0.15, -0.1) is 0 Å². The molecule has 0 aliphatic carbocycles. The van der Waals surface area contributed by atoms with Gasteiger partial charge in [-0.2, -0.15) is 0 Å². The summed E-state index contributed by atoms with van der Waals surface area (Å²) in [6.45, 7) is 10.2. The average Bonchev–Trinajstić information content (AvgIpc) is 2.38. The molecule has 0 bridgehead atoms. The van der Waals surface area contributed by atoms with E-state index in [9.17, 15) is 9.90 Å². The Morgan fingerprint density at radius 2 is 1.67 bits per heavy atom. The fourth-order valence-electron chi connectivity index (χ4n) is 2.57. The van der Waals surface area contributed by atoms with E-state index in [1.165, 1.54) is 0 Å². The van der Waals surface area contributed by atoms with Crippen LogP contribution in [0.3, 0.4) is 0 Å². The van der Waals surface area contributed by atoms with Gasteiger partial charge in [0.2, 0.25) is 5.91 Å². The molecule has 0 fully saturated rings. The van der Waals surface area contributed by atoms with E-state index in [4.69, 9.17) is 0 Å². The van der Waals surface area contributed by atoms with Crippen molar-refractivity contribution in [3.8, 4) is 0 Å². The van der Waals surface area contributed by atoms with Crippen molar-refractivity contribution < 1.29 is 9.90 Å². The van der Waals surface area contributed by atoms with E-state index in [-0.39, 0.29) is 5.91 Å². The van der Waals surface area contributed by atoms with Gasteiger partial charge in [0, 0.05) is 19.6 Å². The van der Waals surface area contributed by atoms with E-state index >= 15 is 0 Å². The molecule has 1 unspecified atom stereocenters. The summed E-state index contributed by atoms with van der Waals surface area (Å²) in [5.74, 6) is 0.107. The standard InChI is InChI=1S/C17H28N2O2/c1-6-19(7-2)17(21)12-18(5)11-16(20)15-9-13(3)8-14(4)10-15/h8-10,16,20H,6-7,11-12H2,1-5H3. The first-order valence-electron chi connectivity index (χ1n) is 7.59. The highest BCUT2D eigenvalue weighted by molar-refractivity contribution is 5.78. The molecule has 118 valence electrons. The third-order valence-electron chi connectivity index (χ3n) is 3.63. The topological polar surface area (TPSA) is 43.8 Å². The summed E-state index contributed by atoms with van der Waals surface area (Å²) in [6, 6.07) is 6.08. The Kier molecular flexibility index (Phi) is 6.85. The molecule has 0 heterocycles. The van der Waals surface area contributed by atoms with Gasteiger partial charge in [0.1, 0.15) is 0 Å². The Bertz CT molecular complexity index is 450. The number of likely N-dealkylation sites (N-methyl/N-ethyl adjacent to an activating group) is 2. The van der Waals surface area contributed by atoms with Crippen LogP contribution in [0.15, 0.2) is 18.2 Å². The number of rotatable bonds is 7. The summed E-state index contributed by atoms with van der Waals surface area (Å²) >= 11 is 0. The lowest BCUT2D eigenvalue weighted by Gasteiger charge is -2.25. The van der Waals surface area contributed by atoms with Crippen LogP contribution in [0.2, 0.25) is 0 Å². The summed E-state index contributed by atoms with van der Waals surface area (Å²) in [6.07, 6.45) is -0.571. The fourth-order valence-corrected chi connectivity index (χ4v) is 2.57. The highest BCUT2D eigenvalue weighted by Crippen LogP contribution is 2.17. The van der Waals surface area contributed by atoms with Crippen molar-refractivity contribution in [2.75, 3.05) is 33.2 Å². The number of aryl methyl sites for hydroxylation is 2. The highest BCUT2D eigenvalue weighted by atomic mass is 16.3. The summed E-state index contributed by atoms with van der Waals surface area (Å²) < 4.78 is 0. The highest BCUT2D eigenvalue weighted by Gasteiger charge is 2.16. The molecule has 1 aromatic carbocycles. The van der Waals surface area contributed by atoms with Gasteiger partial charge in [-0.1, -0.05) is 29.3 Å². The summed E-state index contributed by atoms with van der Waals surface area (Å²) in [4.78, 5) is 15.7. The van der Waals surface area contributed by atoms with Crippen molar-refractivity contribution in [2.24, 2.45) is 0 Å². The lowest BCUT2D eigenvalue weighted by atomic mass is 10.0. The first-order chi connectivity index (χ1) is 9.87. The number of carbonyl (C=O) groups excluding carboxylic acids is 1. The Balaban J connectivity index is 2.61. The lowest BCUT2D eigenvalue weighted by molar-refractivity contribution is -0.132. The number of nitrogens with zero attached hydrogens (tertiary/aromatic N) is 2. The molecule has 4 nitrogen and oxygen atoms in total. The van der Waals surface area contributed by atoms with Crippen LogP contribution >= 0.6 is 0 Å². The molecule has 21 heavy (non-hydrogen) atoms. The summed E-state index contributed by atoms with van der Waals surface area (Å²) in [5.41, 5.74) is 3.20. The SMILES string of the molecule is CCN(CC)C(=O)CN(C)CC(O)c1cc(C)cc(C)c1. The van der Waals surface area contributed by atoms with Crippen molar-refractivity contribution in [3.05, 3.63) is 34.9 Å². The van der Waals surface area contributed by atoms with Crippen molar-refractivity contribution in [2.45, 2.75) is 33.8 Å². The molecule has 0 aliphatic rings. The van der Waals surface area contributed by atoms with Crippen LogP contribution in [0, 0.1) is 13.8 Å².